The fraction of sp³-hybridized carbons (Fsp3) is 0.333. The van der Waals surface area contributed by atoms with Crippen LogP contribution in [0.15, 0.2) is 12.1 Å². The van der Waals surface area contributed by atoms with Gasteiger partial charge >= 0.3 is 6.18 Å². The molecule has 0 unspecified atom stereocenters. The van der Waals surface area contributed by atoms with Crippen molar-refractivity contribution >= 4 is 24.0 Å². The van der Waals surface area contributed by atoms with Crippen molar-refractivity contribution in [2.75, 3.05) is 6.67 Å². The van der Waals surface area contributed by atoms with E-state index in [2.05, 4.69) is 0 Å². The molecule has 1 rings (SSSR count). The summed E-state index contributed by atoms with van der Waals surface area (Å²) in [4.78, 5) is 0. The summed E-state index contributed by atoms with van der Waals surface area (Å²) in [6.07, 6.45) is -4.68. The second-order valence-electron chi connectivity index (χ2n) is 3.12. The molecule has 0 aliphatic carbocycles. The van der Waals surface area contributed by atoms with E-state index in [-0.39, 0.29) is 12.4 Å². The van der Waals surface area contributed by atoms with E-state index in [0.29, 0.717) is 12.1 Å². The molecule has 0 amide bonds. The largest absolute Gasteiger partial charge is 0.416 e. The second kappa shape index (κ2) is 5.84. The molecule has 0 aromatic heterocycles. The van der Waals surface area contributed by atoms with Gasteiger partial charge in [-0.3, -0.25) is 0 Å². The van der Waals surface area contributed by atoms with Crippen molar-refractivity contribution in [1.82, 2.24) is 0 Å². The van der Waals surface area contributed by atoms with Gasteiger partial charge in [-0.25, -0.2) is 8.78 Å². The Labute approximate surface area is 105 Å². The smallest absolute Gasteiger partial charge is 0.322 e. The number of alkyl halides is 4. The van der Waals surface area contributed by atoms with Crippen LogP contribution in [0.2, 0.25) is 5.02 Å². The Morgan fingerprint density at radius 2 is 1.82 bits per heavy atom. The molecule has 2 N–H and O–H groups in total. The average Bonchev–Trinajstić information content (AvgIpc) is 2.19. The van der Waals surface area contributed by atoms with Gasteiger partial charge in [0, 0.05) is 5.56 Å². The van der Waals surface area contributed by atoms with Crippen molar-refractivity contribution in [2.45, 2.75) is 12.2 Å². The summed E-state index contributed by atoms with van der Waals surface area (Å²) in [5.41, 5.74) is 3.40. The monoisotopic (exact) mass is 295 g/mol. The average molecular weight is 296 g/mol. The topological polar surface area (TPSA) is 26.0 Å². The van der Waals surface area contributed by atoms with Gasteiger partial charge in [0.1, 0.15) is 12.5 Å². The number of rotatable bonds is 2. The number of nitrogens with two attached hydrogens (primary N) is 1. The zero-order valence-electron chi connectivity index (χ0n) is 8.19. The van der Waals surface area contributed by atoms with E-state index in [4.69, 9.17) is 17.3 Å². The first-order chi connectivity index (χ1) is 7.27. The first-order valence-corrected chi connectivity index (χ1v) is 4.53. The molecule has 0 fully saturated rings. The van der Waals surface area contributed by atoms with Crippen LogP contribution in [0.4, 0.5) is 22.0 Å². The Hall–Kier alpha value is -0.590. The lowest BCUT2D eigenvalue weighted by Crippen LogP contribution is -2.16. The predicted octanol–water partition coefficient (Wildman–Crippen LogP) is 3.89. The van der Waals surface area contributed by atoms with Crippen LogP contribution in [-0.4, -0.2) is 6.67 Å². The zero-order valence-corrected chi connectivity index (χ0v) is 9.76. The van der Waals surface area contributed by atoms with Gasteiger partial charge < -0.3 is 5.73 Å². The molecule has 0 radical (unpaired) electrons. The van der Waals surface area contributed by atoms with Crippen LogP contribution in [0.1, 0.15) is 17.2 Å². The van der Waals surface area contributed by atoms with E-state index < -0.39 is 40.9 Å². The molecule has 0 heterocycles. The van der Waals surface area contributed by atoms with Crippen LogP contribution in [0, 0.1) is 5.82 Å². The molecule has 1 aromatic carbocycles. The molecule has 8 heteroatoms. The normalized spacial score (nSPS) is 13.1. The van der Waals surface area contributed by atoms with Crippen molar-refractivity contribution in [3.05, 3.63) is 34.1 Å². The molecule has 0 saturated carbocycles. The summed E-state index contributed by atoms with van der Waals surface area (Å²) < 4.78 is 62.5. The predicted molar refractivity (Wildman–Crippen MR) is 56.6 cm³/mol. The van der Waals surface area contributed by atoms with Gasteiger partial charge in [-0.15, -0.1) is 12.4 Å². The maximum atomic E-state index is 13.3. The molecule has 1 nitrogen and oxygen atoms in total. The SMILES string of the molecule is Cl.N[C@@H](CF)c1cc(C(F)(F)F)cc(Cl)c1F. The van der Waals surface area contributed by atoms with Crippen LogP contribution in [0.5, 0.6) is 0 Å². The molecule has 1 atom stereocenters. The molecule has 0 spiro atoms. The van der Waals surface area contributed by atoms with Crippen molar-refractivity contribution in [1.29, 1.82) is 0 Å². The maximum absolute atomic E-state index is 13.3. The minimum atomic E-state index is -4.68. The molecular weight excluding hydrogens is 288 g/mol. The first kappa shape index (κ1) is 16.4. The van der Waals surface area contributed by atoms with Gasteiger partial charge in [-0.2, -0.15) is 13.2 Å². The number of benzene rings is 1. The molecule has 98 valence electrons. The molecule has 0 saturated heterocycles. The van der Waals surface area contributed by atoms with Gasteiger partial charge in [-0.1, -0.05) is 11.6 Å². The summed E-state index contributed by atoms with van der Waals surface area (Å²) in [5, 5.41) is -0.728. The second-order valence-corrected chi connectivity index (χ2v) is 3.53. The highest BCUT2D eigenvalue weighted by Gasteiger charge is 2.32. The minimum Gasteiger partial charge on any atom is -0.322 e. The highest BCUT2D eigenvalue weighted by molar-refractivity contribution is 6.30. The lowest BCUT2D eigenvalue weighted by molar-refractivity contribution is -0.137. The maximum Gasteiger partial charge on any atom is 0.416 e. The van der Waals surface area contributed by atoms with E-state index in [1.807, 2.05) is 0 Å². The third-order valence-corrected chi connectivity index (χ3v) is 2.22. The molecule has 0 aliphatic rings. The Morgan fingerprint density at radius 1 is 1.29 bits per heavy atom. The Bertz CT molecular complexity index is 394. The van der Waals surface area contributed by atoms with E-state index in [0.717, 1.165) is 0 Å². The van der Waals surface area contributed by atoms with Gasteiger partial charge in [0.25, 0.3) is 0 Å². The fourth-order valence-electron chi connectivity index (χ4n) is 1.13. The number of halogens is 7. The molecular formula is C9H8Cl2F5N. The van der Waals surface area contributed by atoms with Crippen LogP contribution < -0.4 is 5.73 Å². The van der Waals surface area contributed by atoms with Crippen molar-refractivity contribution in [3.63, 3.8) is 0 Å². The summed E-state index contributed by atoms with van der Waals surface area (Å²) in [6.45, 7) is -1.17. The number of hydrogen-bond donors (Lipinski definition) is 1. The van der Waals surface area contributed by atoms with E-state index in [9.17, 15) is 22.0 Å². The van der Waals surface area contributed by atoms with Crippen molar-refractivity contribution in [2.24, 2.45) is 5.73 Å². The molecule has 0 bridgehead atoms. The molecule has 1 aromatic rings. The quantitative estimate of drug-likeness (QED) is 0.823. The third-order valence-electron chi connectivity index (χ3n) is 1.95. The lowest BCUT2D eigenvalue weighted by atomic mass is 10.0. The van der Waals surface area contributed by atoms with Crippen LogP contribution in [0.3, 0.4) is 0 Å². The Morgan fingerprint density at radius 3 is 2.24 bits per heavy atom. The van der Waals surface area contributed by atoms with E-state index in [1.54, 1.807) is 0 Å². The summed E-state index contributed by atoms with van der Waals surface area (Å²) in [5.74, 6) is -1.13. The summed E-state index contributed by atoms with van der Waals surface area (Å²) in [6, 6.07) is -0.559. The zero-order chi connectivity index (χ0) is 12.5. The standard InChI is InChI=1S/C9H7ClF5N.ClH/c10-6-2-4(9(13,14)15)1-5(8(6)12)7(16)3-11;/h1-2,7H,3,16H2;1H/t7-;/m0./s1. The van der Waals surface area contributed by atoms with E-state index in [1.165, 1.54) is 0 Å². The first-order valence-electron chi connectivity index (χ1n) is 4.15. The molecule has 17 heavy (non-hydrogen) atoms. The van der Waals surface area contributed by atoms with Crippen molar-refractivity contribution in [3.8, 4) is 0 Å². The van der Waals surface area contributed by atoms with E-state index >= 15 is 0 Å². The van der Waals surface area contributed by atoms with Crippen LogP contribution in [0.25, 0.3) is 0 Å². The van der Waals surface area contributed by atoms with Gasteiger partial charge in [0.15, 0.2) is 0 Å². The van der Waals surface area contributed by atoms with Crippen molar-refractivity contribution < 1.29 is 22.0 Å². The highest BCUT2D eigenvalue weighted by Crippen LogP contribution is 2.34. The summed E-state index contributed by atoms with van der Waals surface area (Å²) in [7, 11) is 0. The van der Waals surface area contributed by atoms with Crippen LogP contribution in [-0.2, 0) is 6.18 Å². The Balaban J connectivity index is 0.00000256. The minimum absolute atomic E-state index is 0. The van der Waals surface area contributed by atoms with Gasteiger partial charge in [0.2, 0.25) is 0 Å². The fourth-order valence-corrected chi connectivity index (χ4v) is 1.35. The summed E-state index contributed by atoms with van der Waals surface area (Å²) >= 11 is 5.27. The third kappa shape index (κ3) is 3.69. The lowest BCUT2D eigenvalue weighted by Gasteiger charge is -2.14. The Kier molecular flexibility index (Phi) is 5.64. The van der Waals surface area contributed by atoms with Gasteiger partial charge in [0.05, 0.1) is 16.6 Å². The molecule has 0 aliphatic heterocycles. The van der Waals surface area contributed by atoms with Crippen LogP contribution >= 0.6 is 24.0 Å². The van der Waals surface area contributed by atoms with Gasteiger partial charge in [-0.05, 0) is 12.1 Å². The number of hydrogen-bond acceptors (Lipinski definition) is 1. The highest BCUT2D eigenvalue weighted by atomic mass is 35.5.